The molecule has 0 aliphatic heterocycles. The van der Waals surface area contributed by atoms with Crippen LogP contribution >= 0.6 is 0 Å². The van der Waals surface area contributed by atoms with Gasteiger partial charge in [0.2, 0.25) is 0 Å². The normalized spacial score (nSPS) is 12.8. The number of benzene rings is 1. The van der Waals surface area contributed by atoms with Gasteiger partial charge in [0.15, 0.2) is 11.5 Å². The van der Waals surface area contributed by atoms with E-state index < -0.39 is 5.97 Å². The fourth-order valence-electron chi connectivity index (χ4n) is 1.72. The Morgan fingerprint density at radius 1 is 1.56 bits per heavy atom. The molecule has 0 aliphatic carbocycles. The molecule has 0 fully saturated rings. The maximum Gasteiger partial charge on any atom is 0.338 e. The Kier molecular flexibility index (Phi) is 3.62. The first-order valence-electron chi connectivity index (χ1n) is 5.76. The summed E-state index contributed by atoms with van der Waals surface area (Å²) in [6, 6.07) is 4.89. The number of fused-ring (bicyclic) bond motifs is 1. The summed E-state index contributed by atoms with van der Waals surface area (Å²) in [6.07, 6.45) is 1.54. The average Bonchev–Trinajstić information content (AvgIpc) is 2.77. The summed E-state index contributed by atoms with van der Waals surface area (Å²) in [7, 11) is 1.65. The van der Waals surface area contributed by atoms with E-state index in [4.69, 9.17) is 14.3 Å². The molecule has 1 heterocycles. The van der Waals surface area contributed by atoms with Crippen LogP contribution in [0.4, 0.5) is 0 Å². The maximum absolute atomic E-state index is 11.0. The highest BCUT2D eigenvalue weighted by molar-refractivity contribution is 6.00. The van der Waals surface area contributed by atoms with Crippen LogP contribution in [0, 0.1) is 0 Å². The largest absolute Gasteiger partial charge is 0.478 e. The van der Waals surface area contributed by atoms with Crippen LogP contribution in [-0.2, 0) is 11.2 Å². The number of aromatic carboxylic acids is 1. The molecular weight excluding hydrogens is 234 g/mol. The van der Waals surface area contributed by atoms with Crippen LogP contribution in [0.15, 0.2) is 22.6 Å². The zero-order valence-corrected chi connectivity index (χ0v) is 10.3. The molecule has 2 rings (SSSR count). The number of carboxylic acids is 1. The van der Waals surface area contributed by atoms with Crippen LogP contribution < -0.4 is 0 Å². The van der Waals surface area contributed by atoms with E-state index in [2.05, 4.69) is 4.98 Å². The van der Waals surface area contributed by atoms with Crippen molar-refractivity contribution in [2.24, 2.45) is 0 Å². The molecule has 0 saturated carbocycles. The third kappa shape index (κ3) is 2.51. The molecule has 0 radical (unpaired) electrons. The summed E-state index contributed by atoms with van der Waals surface area (Å²) in [6.45, 7) is 1.96. The molecule has 0 bridgehead atoms. The van der Waals surface area contributed by atoms with Gasteiger partial charge < -0.3 is 14.3 Å². The number of nitrogens with zero attached hydrogens (tertiary/aromatic N) is 1. The first kappa shape index (κ1) is 12.6. The number of oxazole rings is 1. The minimum absolute atomic E-state index is 0.124. The SMILES string of the molecule is COC(C)CCc1nc2c(C(=O)O)cccc2o1. The number of rotatable bonds is 5. The quantitative estimate of drug-likeness (QED) is 0.881. The lowest BCUT2D eigenvalue weighted by molar-refractivity contribution is 0.0699. The molecule has 18 heavy (non-hydrogen) atoms. The molecule has 1 aromatic heterocycles. The number of aromatic nitrogens is 1. The Balaban J connectivity index is 2.27. The summed E-state index contributed by atoms with van der Waals surface area (Å²) in [4.78, 5) is 15.3. The highest BCUT2D eigenvalue weighted by Crippen LogP contribution is 2.20. The van der Waals surface area contributed by atoms with E-state index in [0.29, 0.717) is 23.4 Å². The van der Waals surface area contributed by atoms with Crippen molar-refractivity contribution < 1.29 is 19.1 Å². The number of carbonyl (C=O) groups is 1. The summed E-state index contributed by atoms with van der Waals surface area (Å²) in [5.41, 5.74) is 1.09. The van der Waals surface area contributed by atoms with Gasteiger partial charge in [0.05, 0.1) is 11.7 Å². The predicted molar refractivity (Wildman–Crippen MR) is 65.8 cm³/mol. The first-order valence-corrected chi connectivity index (χ1v) is 5.76. The minimum Gasteiger partial charge on any atom is -0.478 e. The van der Waals surface area contributed by atoms with E-state index in [1.807, 2.05) is 6.92 Å². The Hall–Kier alpha value is -1.88. The summed E-state index contributed by atoms with van der Waals surface area (Å²) >= 11 is 0. The van der Waals surface area contributed by atoms with Gasteiger partial charge in [-0.3, -0.25) is 0 Å². The molecule has 5 nitrogen and oxygen atoms in total. The lowest BCUT2D eigenvalue weighted by Crippen LogP contribution is -2.05. The van der Waals surface area contributed by atoms with Crippen LogP contribution in [0.25, 0.3) is 11.1 Å². The van der Waals surface area contributed by atoms with Crippen LogP contribution in [0.1, 0.15) is 29.6 Å². The fraction of sp³-hybridized carbons (Fsp3) is 0.385. The number of aryl methyl sites for hydroxylation is 1. The second-order valence-electron chi connectivity index (χ2n) is 4.15. The standard InChI is InChI=1S/C13H15NO4/c1-8(17-2)6-7-11-14-12-9(13(15)16)4-3-5-10(12)18-11/h3-5,8H,6-7H2,1-2H3,(H,15,16). The Bertz CT molecular complexity index is 561. The molecule has 0 spiro atoms. The number of carboxylic acid groups (broad SMARTS) is 1. The third-order valence-electron chi connectivity index (χ3n) is 2.86. The van der Waals surface area contributed by atoms with Gasteiger partial charge in [-0.15, -0.1) is 0 Å². The smallest absolute Gasteiger partial charge is 0.338 e. The van der Waals surface area contributed by atoms with Gasteiger partial charge in [-0.1, -0.05) is 6.07 Å². The van der Waals surface area contributed by atoms with Crippen molar-refractivity contribution in [2.75, 3.05) is 7.11 Å². The second kappa shape index (κ2) is 5.18. The molecule has 2 aromatic rings. The number of ether oxygens (including phenoxy) is 1. The lowest BCUT2D eigenvalue weighted by atomic mass is 10.2. The van der Waals surface area contributed by atoms with E-state index in [9.17, 15) is 4.79 Å². The molecule has 5 heteroatoms. The monoisotopic (exact) mass is 249 g/mol. The minimum atomic E-state index is -0.995. The van der Waals surface area contributed by atoms with Gasteiger partial charge in [-0.2, -0.15) is 0 Å². The predicted octanol–water partition coefficient (Wildman–Crippen LogP) is 2.49. The Morgan fingerprint density at radius 2 is 2.33 bits per heavy atom. The van der Waals surface area contributed by atoms with Crippen LogP contribution in [0.2, 0.25) is 0 Å². The van der Waals surface area contributed by atoms with Gasteiger partial charge in [0.1, 0.15) is 5.52 Å². The molecular formula is C13H15NO4. The zero-order valence-electron chi connectivity index (χ0n) is 10.3. The molecule has 1 unspecified atom stereocenters. The molecule has 1 atom stereocenters. The highest BCUT2D eigenvalue weighted by atomic mass is 16.5. The molecule has 1 aromatic carbocycles. The van der Waals surface area contributed by atoms with E-state index in [1.165, 1.54) is 6.07 Å². The number of para-hydroxylation sites is 1. The number of methoxy groups -OCH3 is 1. The fourth-order valence-corrected chi connectivity index (χ4v) is 1.72. The van der Waals surface area contributed by atoms with Gasteiger partial charge >= 0.3 is 5.97 Å². The van der Waals surface area contributed by atoms with Crippen molar-refractivity contribution in [3.63, 3.8) is 0 Å². The third-order valence-corrected chi connectivity index (χ3v) is 2.86. The van der Waals surface area contributed by atoms with Crippen molar-refractivity contribution >= 4 is 17.1 Å². The summed E-state index contributed by atoms with van der Waals surface area (Å²) < 4.78 is 10.7. The lowest BCUT2D eigenvalue weighted by Gasteiger charge is -2.05. The van der Waals surface area contributed by atoms with Crippen LogP contribution in [0.3, 0.4) is 0 Å². The topological polar surface area (TPSA) is 72.6 Å². The second-order valence-corrected chi connectivity index (χ2v) is 4.15. The van der Waals surface area contributed by atoms with Gasteiger partial charge in [0.25, 0.3) is 0 Å². The Labute approximate surface area is 104 Å². The van der Waals surface area contributed by atoms with E-state index in [-0.39, 0.29) is 11.7 Å². The average molecular weight is 249 g/mol. The molecule has 1 N–H and O–H groups in total. The van der Waals surface area contributed by atoms with Crippen LogP contribution in [-0.4, -0.2) is 29.3 Å². The van der Waals surface area contributed by atoms with Gasteiger partial charge in [0, 0.05) is 13.5 Å². The summed E-state index contributed by atoms with van der Waals surface area (Å²) in [5.74, 6) is -0.451. The first-order chi connectivity index (χ1) is 8.61. The molecule has 0 aliphatic rings. The van der Waals surface area contributed by atoms with Gasteiger partial charge in [-0.25, -0.2) is 9.78 Å². The van der Waals surface area contributed by atoms with Crippen molar-refractivity contribution in [3.8, 4) is 0 Å². The maximum atomic E-state index is 11.0. The highest BCUT2D eigenvalue weighted by Gasteiger charge is 2.14. The van der Waals surface area contributed by atoms with E-state index >= 15 is 0 Å². The van der Waals surface area contributed by atoms with Crippen molar-refractivity contribution in [1.29, 1.82) is 0 Å². The molecule has 0 saturated heterocycles. The molecule has 96 valence electrons. The van der Waals surface area contributed by atoms with Crippen molar-refractivity contribution in [3.05, 3.63) is 29.7 Å². The van der Waals surface area contributed by atoms with E-state index in [1.54, 1.807) is 19.2 Å². The molecule has 0 amide bonds. The summed E-state index contributed by atoms with van der Waals surface area (Å²) in [5, 5.41) is 9.05. The van der Waals surface area contributed by atoms with Crippen molar-refractivity contribution in [1.82, 2.24) is 4.98 Å². The number of hydrogen-bond acceptors (Lipinski definition) is 4. The zero-order chi connectivity index (χ0) is 13.1. The van der Waals surface area contributed by atoms with Crippen molar-refractivity contribution in [2.45, 2.75) is 25.9 Å². The van der Waals surface area contributed by atoms with E-state index in [0.717, 1.165) is 6.42 Å². The van der Waals surface area contributed by atoms with Gasteiger partial charge in [-0.05, 0) is 25.5 Å². The van der Waals surface area contributed by atoms with Crippen LogP contribution in [0.5, 0.6) is 0 Å². The number of hydrogen-bond donors (Lipinski definition) is 1. The Morgan fingerprint density at radius 3 is 3.00 bits per heavy atom.